The molecule has 0 fully saturated rings. The van der Waals surface area contributed by atoms with Gasteiger partial charge in [-0.05, 0) is 0 Å². The van der Waals surface area contributed by atoms with Gasteiger partial charge in [-0.25, -0.2) is 0 Å². The van der Waals surface area contributed by atoms with Crippen LogP contribution in [0.4, 0.5) is 39.5 Å². The Bertz CT molecular complexity index is 1340. The van der Waals surface area contributed by atoms with E-state index >= 15 is 0 Å². The molecule has 0 aliphatic rings. The zero-order valence-corrected chi connectivity index (χ0v) is 39.1. The summed E-state index contributed by atoms with van der Waals surface area (Å²) in [7, 11) is 0. The van der Waals surface area contributed by atoms with E-state index < -0.39 is 99.5 Å². The molecule has 0 nitrogen and oxygen atoms in total. The maximum atomic E-state index is 12.9. The van der Waals surface area contributed by atoms with E-state index in [4.69, 9.17) is 0 Å². The van der Waals surface area contributed by atoms with Crippen LogP contribution in [0.5, 0.6) is 0 Å². The summed E-state index contributed by atoms with van der Waals surface area (Å²) >= 11 is -5.30. The third-order valence-corrected chi connectivity index (χ3v) is 33.9. The normalized spacial score (nSPS) is 11.8. The van der Waals surface area contributed by atoms with E-state index in [1.807, 2.05) is 0 Å². The third-order valence-electron chi connectivity index (χ3n) is 8.43. The van der Waals surface area contributed by atoms with Gasteiger partial charge in [-0.3, -0.25) is 0 Å². The molecule has 0 aliphatic carbocycles. The van der Waals surface area contributed by atoms with Gasteiger partial charge in [0.25, 0.3) is 0 Å². The first-order chi connectivity index (χ1) is 22.1. The summed E-state index contributed by atoms with van der Waals surface area (Å²) in [6.45, 7) is 12.9. The minimum absolute atomic E-state index is 0.432. The Morgan fingerprint density at radius 2 is 0.771 bits per heavy atom. The van der Waals surface area contributed by atoms with Crippen LogP contribution in [0.2, 0.25) is 25.1 Å². The molecule has 0 unspecified atom stereocenters. The number of alkyl halides is 9. The molecule has 0 spiro atoms. The molecule has 0 N–H and O–H groups in total. The van der Waals surface area contributed by atoms with Gasteiger partial charge in [-0.1, -0.05) is 0 Å². The second-order valence-corrected chi connectivity index (χ2v) is 45.8. The van der Waals surface area contributed by atoms with E-state index in [1.165, 1.54) is 36.4 Å². The first-order valence-electron chi connectivity index (χ1n) is 16.6. The first kappa shape index (κ1) is 45.7. The second-order valence-electron chi connectivity index (χ2n) is 13.3. The number of benzene rings is 3. The SMILES string of the molecule is C[CH2][In]([CH2]C)[CH2]c1ccccc1C(F)(F)F.C[CH](C)[In]([CH2]c1ccccc1C(F)(F)F)[CH](C)C.[CH3][In]([CH3])[CH2]c1ccccc1C(F)(F)F. The summed E-state index contributed by atoms with van der Waals surface area (Å²) in [5, 5.41) is 0. The Hall–Kier alpha value is -0.360. The van der Waals surface area contributed by atoms with Crippen molar-refractivity contribution in [1.82, 2.24) is 0 Å². The van der Waals surface area contributed by atoms with Gasteiger partial charge in [-0.15, -0.1) is 0 Å². The Labute approximate surface area is 304 Å². The van der Waals surface area contributed by atoms with Crippen LogP contribution in [0.25, 0.3) is 0 Å². The van der Waals surface area contributed by atoms with Crippen molar-refractivity contribution >= 4 is 64.3 Å². The zero-order valence-electron chi connectivity index (χ0n) is 29.3. The average molecular weight is 996 g/mol. The van der Waals surface area contributed by atoms with Gasteiger partial charge < -0.3 is 0 Å². The van der Waals surface area contributed by atoms with Crippen LogP contribution in [-0.4, -0.2) is 64.3 Å². The molecule has 12 heteroatoms. The predicted molar refractivity (Wildman–Crippen MR) is 186 cm³/mol. The van der Waals surface area contributed by atoms with Crippen molar-refractivity contribution in [2.75, 3.05) is 0 Å². The molecule has 0 saturated heterocycles. The molecule has 3 aromatic rings. The Balaban J connectivity index is 0.000000363. The predicted octanol–water partition coefficient (Wildman–Crippen LogP) is 13.0. The topological polar surface area (TPSA) is 0 Å². The maximum absolute atomic E-state index is 12.9. The number of hydrogen-bond donors (Lipinski definition) is 0. The van der Waals surface area contributed by atoms with E-state index in [1.54, 1.807) is 36.4 Å². The van der Waals surface area contributed by atoms with Crippen LogP contribution in [0.1, 0.15) is 74.9 Å². The van der Waals surface area contributed by atoms with Crippen LogP contribution >= 0.6 is 0 Å². The monoisotopic (exact) mass is 996 g/mol. The Morgan fingerprint density at radius 3 is 1.04 bits per heavy atom. The van der Waals surface area contributed by atoms with Crippen LogP contribution in [0, 0.1) is 0 Å². The fraction of sp³-hybridized carbons (Fsp3) is 0.500. The molecule has 0 heterocycles. The summed E-state index contributed by atoms with van der Waals surface area (Å²) in [6, 6.07) is 18.0. The van der Waals surface area contributed by atoms with Crippen LogP contribution in [0.3, 0.4) is 0 Å². The number of hydrogen-bond acceptors (Lipinski definition) is 0. The fourth-order valence-electron chi connectivity index (χ4n) is 5.75. The molecule has 48 heavy (non-hydrogen) atoms. The molecule has 3 aromatic carbocycles. The van der Waals surface area contributed by atoms with Gasteiger partial charge in [0.2, 0.25) is 0 Å². The van der Waals surface area contributed by atoms with E-state index in [9.17, 15) is 39.5 Å². The van der Waals surface area contributed by atoms with E-state index in [2.05, 4.69) is 50.9 Å². The third kappa shape index (κ3) is 16.3. The van der Waals surface area contributed by atoms with Gasteiger partial charge in [0.1, 0.15) is 0 Å². The summed E-state index contributed by atoms with van der Waals surface area (Å²) in [4.78, 5) is 0. The van der Waals surface area contributed by atoms with Crippen molar-refractivity contribution in [3.8, 4) is 0 Å². The summed E-state index contributed by atoms with van der Waals surface area (Å²) in [5.74, 6) is 0. The molecule has 0 bridgehead atoms. The first-order valence-corrected chi connectivity index (χ1v) is 38.6. The quantitative estimate of drug-likeness (QED) is 0.178. The summed E-state index contributed by atoms with van der Waals surface area (Å²) < 4.78 is 124. The van der Waals surface area contributed by atoms with Crippen molar-refractivity contribution < 1.29 is 39.5 Å². The molecular formula is C36H48F9In3. The molecule has 264 valence electrons. The van der Waals surface area contributed by atoms with Crippen molar-refractivity contribution in [2.45, 2.75) is 97.7 Å². The number of halogens is 9. The average Bonchev–Trinajstić information content (AvgIpc) is 2.98. The van der Waals surface area contributed by atoms with E-state index in [-0.39, 0.29) is 0 Å². The van der Waals surface area contributed by atoms with E-state index in [0.717, 1.165) is 12.5 Å². The second kappa shape index (κ2) is 21.2. The van der Waals surface area contributed by atoms with Crippen molar-refractivity contribution in [1.29, 1.82) is 0 Å². The van der Waals surface area contributed by atoms with Gasteiger partial charge in [0.15, 0.2) is 0 Å². The molecule has 0 aromatic heterocycles. The molecule has 0 atom stereocenters. The molecule has 0 radical (unpaired) electrons. The zero-order chi connectivity index (χ0) is 36.9. The Morgan fingerprint density at radius 1 is 0.479 bits per heavy atom. The summed E-state index contributed by atoms with van der Waals surface area (Å²) in [5.41, 5.74) is 0.176. The molecule has 0 saturated carbocycles. The van der Waals surface area contributed by atoms with E-state index in [0.29, 0.717) is 32.4 Å². The fourth-order valence-corrected chi connectivity index (χ4v) is 24.9. The van der Waals surface area contributed by atoms with Crippen molar-refractivity contribution in [3.05, 3.63) is 106 Å². The van der Waals surface area contributed by atoms with Crippen LogP contribution in [0.15, 0.2) is 72.8 Å². The standard InChI is InChI=1S/3C8H6F3.2C3H7.2C2H5.2CH3.3In/c3*1-6-4-2-3-5-7(6)8(9,10)11;2*1-3-2;2*1-2;;;;;/h3*2-5H,1H2;2*3H,1-2H3;2*1H2,2H3;2*1H3;;;. The Kier molecular flexibility index (Phi) is 20.2. The molecular weight excluding hydrogens is 948 g/mol. The molecule has 3 rings (SSSR count). The van der Waals surface area contributed by atoms with Gasteiger partial charge in [0, 0.05) is 0 Å². The van der Waals surface area contributed by atoms with Crippen LogP contribution in [-0.2, 0) is 31.1 Å². The van der Waals surface area contributed by atoms with Gasteiger partial charge >= 0.3 is 308 Å². The summed E-state index contributed by atoms with van der Waals surface area (Å²) in [6.07, 6.45) is -12.6. The van der Waals surface area contributed by atoms with Crippen molar-refractivity contribution in [2.24, 2.45) is 0 Å². The molecule has 0 aliphatic heterocycles. The van der Waals surface area contributed by atoms with Crippen molar-refractivity contribution in [3.63, 3.8) is 0 Å². The van der Waals surface area contributed by atoms with Gasteiger partial charge in [0.05, 0.1) is 0 Å². The number of rotatable bonds is 10. The minimum atomic E-state index is -4.22. The molecule has 0 amide bonds. The van der Waals surface area contributed by atoms with Crippen LogP contribution < -0.4 is 0 Å². The van der Waals surface area contributed by atoms with Gasteiger partial charge in [-0.2, -0.15) is 0 Å².